The van der Waals surface area contributed by atoms with Gasteiger partial charge in [-0.05, 0) is 24.3 Å². The van der Waals surface area contributed by atoms with Gasteiger partial charge in [0.25, 0.3) is 0 Å². The molecule has 0 bridgehead atoms. The maximum Gasteiger partial charge on any atom is 0.189 e. The topological polar surface area (TPSA) is 83.5 Å². The standard InChI is InChI=1S/C13H13ClN4O/c14-10-4-1-5-11(7-10)17-8-9-3-2-6-16-12(9)13(15)18-19/h1-7,17,19H,8H2,(H2,15,18). The van der Waals surface area contributed by atoms with Crippen molar-refractivity contribution < 1.29 is 5.21 Å². The van der Waals surface area contributed by atoms with Gasteiger partial charge in [0.05, 0.1) is 0 Å². The van der Waals surface area contributed by atoms with Crippen LogP contribution in [0.25, 0.3) is 0 Å². The number of nitrogens with one attached hydrogen (secondary N) is 1. The van der Waals surface area contributed by atoms with E-state index in [-0.39, 0.29) is 5.84 Å². The highest BCUT2D eigenvalue weighted by Gasteiger charge is 2.07. The van der Waals surface area contributed by atoms with E-state index in [4.69, 9.17) is 22.5 Å². The molecule has 98 valence electrons. The third-order valence-electron chi connectivity index (χ3n) is 2.55. The molecule has 0 atom stereocenters. The van der Waals surface area contributed by atoms with E-state index in [0.717, 1.165) is 11.3 Å². The summed E-state index contributed by atoms with van der Waals surface area (Å²) in [5.41, 5.74) is 7.76. The summed E-state index contributed by atoms with van der Waals surface area (Å²) in [7, 11) is 0. The van der Waals surface area contributed by atoms with E-state index >= 15 is 0 Å². The zero-order valence-corrected chi connectivity index (χ0v) is 10.8. The number of halogens is 1. The smallest absolute Gasteiger partial charge is 0.189 e. The minimum atomic E-state index is -0.0107. The van der Waals surface area contributed by atoms with Crippen molar-refractivity contribution in [2.45, 2.75) is 6.54 Å². The van der Waals surface area contributed by atoms with Gasteiger partial charge in [-0.15, -0.1) is 0 Å². The SMILES string of the molecule is NC(=NO)c1ncccc1CNc1cccc(Cl)c1. The first kappa shape index (κ1) is 13.2. The minimum absolute atomic E-state index is 0.0107. The van der Waals surface area contributed by atoms with Gasteiger partial charge in [0.15, 0.2) is 5.84 Å². The molecular weight excluding hydrogens is 264 g/mol. The highest BCUT2D eigenvalue weighted by atomic mass is 35.5. The van der Waals surface area contributed by atoms with Crippen LogP contribution < -0.4 is 11.1 Å². The largest absolute Gasteiger partial charge is 0.409 e. The monoisotopic (exact) mass is 276 g/mol. The molecule has 1 aromatic carbocycles. The number of anilines is 1. The maximum atomic E-state index is 8.72. The average molecular weight is 277 g/mol. The van der Waals surface area contributed by atoms with E-state index in [2.05, 4.69) is 15.5 Å². The van der Waals surface area contributed by atoms with Crippen molar-refractivity contribution in [3.8, 4) is 0 Å². The van der Waals surface area contributed by atoms with E-state index < -0.39 is 0 Å². The molecule has 0 aliphatic carbocycles. The van der Waals surface area contributed by atoms with E-state index in [9.17, 15) is 0 Å². The Morgan fingerprint density at radius 1 is 1.37 bits per heavy atom. The molecule has 0 aliphatic heterocycles. The number of pyridine rings is 1. The molecule has 1 aromatic heterocycles. The first-order chi connectivity index (χ1) is 9.20. The van der Waals surface area contributed by atoms with Gasteiger partial charge in [0, 0.05) is 29.0 Å². The second kappa shape index (κ2) is 6.06. The van der Waals surface area contributed by atoms with Gasteiger partial charge in [0.2, 0.25) is 0 Å². The summed E-state index contributed by atoms with van der Waals surface area (Å²) in [5, 5.41) is 15.6. The Balaban J connectivity index is 2.16. The normalized spacial score (nSPS) is 11.3. The van der Waals surface area contributed by atoms with E-state index in [1.807, 2.05) is 24.3 Å². The third-order valence-corrected chi connectivity index (χ3v) is 2.78. The molecule has 1 heterocycles. The lowest BCUT2D eigenvalue weighted by Gasteiger charge is -2.09. The summed E-state index contributed by atoms with van der Waals surface area (Å²) in [6, 6.07) is 11.0. The highest BCUT2D eigenvalue weighted by Crippen LogP contribution is 2.16. The second-order valence-electron chi connectivity index (χ2n) is 3.86. The van der Waals surface area contributed by atoms with Crippen LogP contribution in [-0.2, 0) is 6.54 Å². The van der Waals surface area contributed by atoms with E-state index in [0.29, 0.717) is 17.3 Å². The van der Waals surface area contributed by atoms with Crippen LogP contribution in [0.5, 0.6) is 0 Å². The van der Waals surface area contributed by atoms with E-state index in [1.54, 1.807) is 18.3 Å². The van der Waals surface area contributed by atoms with Crippen LogP contribution in [0.3, 0.4) is 0 Å². The first-order valence-corrected chi connectivity index (χ1v) is 5.99. The second-order valence-corrected chi connectivity index (χ2v) is 4.30. The summed E-state index contributed by atoms with van der Waals surface area (Å²) < 4.78 is 0. The Morgan fingerprint density at radius 2 is 2.21 bits per heavy atom. The van der Waals surface area contributed by atoms with Crippen molar-refractivity contribution in [1.29, 1.82) is 0 Å². The Labute approximate surface area is 115 Å². The molecule has 0 aliphatic rings. The van der Waals surface area contributed by atoms with Crippen molar-refractivity contribution >= 4 is 23.1 Å². The molecule has 0 saturated heterocycles. The molecule has 19 heavy (non-hydrogen) atoms. The molecule has 5 nitrogen and oxygen atoms in total. The van der Waals surface area contributed by atoms with Gasteiger partial charge in [-0.1, -0.05) is 28.9 Å². The van der Waals surface area contributed by atoms with Crippen molar-refractivity contribution in [3.05, 3.63) is 58.9 Å². The lowest BCUT2D eigenvalue weighted by molar-refractivity contribution is 0.318. The summed E-state index contributed by atoms with van der Waals surface area (Å²) in [6.07, 6.45) is 1.59. The Morgan fingerprint density at radius 3 is 2.95 bits per heavy atom. The fourth-order valence-corrected chi connectivity index (χ4v) is 1.85. The third kappa shape index (κ3) is 3.35. The number of oxime groups is 1. The fraction of sp³-hybridized carbons (Fsp3) is 0.0769. The van der Waals surface area contributed by atoms with Crippen LogP contribution >= 0.6 is 11.6 Å². The van der Waals surface area contributed by atoms with Crippen LogP contribution in [0.1, 0.15) is 11.3 Å². The number of nitrogens with two attached hydrogens (primary N) is 1. The summed E-state index contributed by atoms with van der Waals surface area (Å²) in [6.45, 7) is 0.500. The van der Waals surface area contributed by atoms with Crippen molar-refractivity contribution in [3.63, 3.8) is 0 Å². The molecule has 0 spiro atoms. The van der Waals surface area contributed by atoms with Crippen LogP contribution in [0, 0.1) is 0 Å². The molecular formula is C13H13ClN4O. The van der Waals surface area contributed by atoms with Gasteiger partial charge in [-0.25, -0.2) is 0 Å². The molecule has 0 radical (unpaired) electrons. The summed E-state index contributed by atoms with van der Waals surface area (Å²) in [5.74, 6) is -0.0107. The molecule has 0 unspecified atom stereocenters. The van der Waals surface area contributed by atoms with Crippen molar-refractivity contribution in [2.75, 3.05) is 5.32 Å². The highest BCUT2D eigenvalue weighted by molar-refractivity contribution is 6.30. The number of hydrogen-bond donors (Lipinski definition) is 3. The Kier molecular flexibility index (Phi) is 4.20. The minimum Gasteiger partial charge on any atom is -0.409 e. The molecule has 4 N–H and O–H groups in total. The number of hydrogen-bond acceptors (Lipinski definition) is 4. The first-order valence-electron chi connectivity index (χ1n) is 5.62. The number of amidine groups is 1. The molecule has 0 fully saturated rings. The molecule has 2 aromatic rings. The lowest BCUT2D eigenvalue weighted by Crippen LogP contribution is -2.18. The predicted octanol–water partition coefficient (Wildman–Crippen LogP) is 2.44. The van der Waals surface area contributed by atoms with Crippen molar-refractivity contribution in [1.82, 2.24) is 4.98 Å². The van der Waals surface area contributed by atoms with Crippen LogP contribution in [-0.4, -0.2) is 16.0 Å². The van der Waals surface area contributed by atoms with E-state index in [1.165, 1.54) is 0 Å². The van der Waals surface area contributed by atoms with Crippen LogP contribution in [0.15, 0.2) is 47.8 Å². The summed E-state index contributed by atoms with van der Waals surface area (Å²) in [4.78, 5) is 4.10. The quantitative estimate of drug-likeness (QED) is 0.347. The maximum absolute atomic E-state index is 8.72. The zero-order valence-electron chi connectivity index (χ0n) is 10.0. The molecule has 6 heteroatoms. The lowest BCUT2D eigenvalue weighted by atomic mass is 10.1. The molecule has 2 rings (SSSR count). The Bertz CT molecular complexity index is 601. The number of benzene rings is 1. The average Bonchev–Trinajstić information content (AvgIpc) is 2.45. The number of rotatable bonds is 4. The summed E-state index contributed by atoms with van der Waals surface area (Å²) >= 11 is 5.91. The van der Waals surface area contributed by atoms with Gasteiger partial charge < -0.3 is 16.3 Å². The Hall–Kier alpha value is -2.27. The van der Waals surface area contributed by atoms with Gasteiger partial charge >= 0.3 is 0 Å². The van der Waals surface area contributed by atoms with Crippen molar-refractivity contribution in [2.24, 2.45) is 10.9 Å². The number of nitrogens with zero attached hydrogens (tertiary/aromatic N) is 2. The molecule has 0 amide bonds. The van der Waals surface area contributed by atoms with Gasteiger partial charge in [-0.2, -0.15) is 0 Å². The zero-order chi connectivity index (χ0) is 13.7. The molecule has 0 saturated carbocycles. The number of aromatic nitrogens is 1. The van der Waals surface area contributed by atoms with Crippen LogP contribution in [0.4, 0.5) is 5.69 Å². The van der Waals surface area contributed by atoms with Gasteiger partial charge in [-0.3, -0.25) is 4.98 Å². The fourth-order valence-electron chi connectivity index (χ4n) is 1.65. The van der Waals surface area contributed by atoms with Crippen LogP contribution in [0.2, 0.25) is 5.02 Å². The van der Waals surface area contributed by atoms with Gasteiger partial charge in [0.1, 0.15) is 5.69 Å². The predicted molar refractivity (Wildman–Crippen MR) is 75.5 cm³/mol.